The zero-order valence-corrected chi connectivity index (χ0v) is 24.8. The van der Waals surface area contributed by atoms with Crippen LogP contribution in [0.25, 0.3) is 6.08 Å². The smallest absolute Gasteiger partial charge is 0.269 e. The minimum Gasteiger partial charge on any atom is -0.493 e. The van der Waals surface area contributed by atoms with Crippen LogP contribution < -0.4 is 19.7 Å². The molecule has 1 aliphatic heterocycles. The molecule has 9 nitrogen and oxygen atoms in total. The normalized spacial score (nSPS) is 17.6. The molecule has 2 aliphatic rings. The summed E-state index contributed by atoms with van der Waals surface area (Å²) in [4.78, 5) is 41.4. The van der Waals surface area contributed by atoms with Crippen molar-refractivity contribution in [1.82, 2.24) is 0 Å². The van der Waals surface area contributed by atoms with Crippen molar-refractivity contribution in [1.29, 1.82) is 0 Å². The number of ether oxygens (including phenoxy) is 2. The molecule has 0 fully saturated rings. The van der Waals surface area contributed by atoms with E-state index >= 15 is 0 Å². The highest BCUT2D eigenvalue weighted by Crippen LogP contribution is 2.48. The fourth-order valence-electron chi connectivity index (χ4n) is 6.11. The van der Waals surface area contributed by atoms with Crippen molar-refractivity contribution in [3.63, 3.8) is 0 Å². The van der Waals surface area contributed by atoms with Gasteiger partial charge in [0.2, 0.25) is 0 Å². The number of para-hydroxylation sites is 2. The van der Waals surface area contributed by atoms with Crippen LogP contribution in [0, 0.1) is 10.1 Å². The number of non-ortho nitro benzene ring substituents is 1. The number of hydrogen-bond donors (Lipinski definition) is 1. The molecule has 45 heavy (non-hydrogen) atoms. The first-order valence-electron chi connectivity index (χ1n) is 14.5. The first kappa shape index (κ1) is 29.4. The average molecular weight is 602 g/mol. The fourth-order valence-corrected chi connectivity index (χ4v) is 6.11. The Morgan fingerprint density at radius 3 is 2.40 bits per heavy atom. The van der Waals surface area contributed by atoms with Crippen LogP contribution in [0.1, 0.15) is 41.5 Å². The molecule has 2 atom stereocenters. The number of benzene rings is 4. The van der Waals surface area contributed by atoms with Crippen LogP contribution in [0.4, 0.5) is 17.1 Å². The number of carbonyl (C=O) groups is 2. The van der Waals surface area contributed by atoms with Crippen LogP contribution in [0.15, 0.2) is 114 Å². The van der Waals surface area contributed by atoms with E-state index in [0.717, 1.165) is 11.1 Å². The molecule has 1 heterocycles. The lowest BCUT2D eigenvalue weighted by Crippen LogP contribution is -2.37. The van der Waals surface area contributed by atoms with Gasteiger partial charge in [-0.3, -0.25) is 24.6 Å². The van der Waals surface area contributed by atoms with Gasteiger partial charge in [0, 0.05) is 35.9 Å². The minimum atomic E-state index is -0.914. The van der Waals surface area contributed by atoms with E-state index in [-0.39, 0.29) is 29.7 Å². The highest BCUT2D eigenvalue weighted by molar-refractivity contribution is 6.10. The second kappa shape index (κ2) is 12.5. The summed E-state index contributed by atoms with van der Waals surface area (Å²) in [7, 11) is 3.14. The molecule has 1 N–H and O–H groups in total. The summed E-state index contributed by atoms with van der Waals surface area (Å²) in [6.45, 7) is 0. The van der Waals surface area contributed by atoms with Gasteiger partial charge in [0.1, 0.15) is 0 Å². The molecule has 6 rings (SSSR count). The number of Topliss-reactive ketones (excluding diaryl/α,β-unsaturated/α-hetero) is 1. The lowest BCUT2D eigenvalue weighted by atomic mass is 9.78. The molecule has 1 amide bonds. The second-order valence-corrected chi connectivity index (χ2v) is 10.9. The van der Waals surface area contributed by atoms with Gasteiger partial charge in [0.05, 0.1) is 36.6 Å². The van der Waals surface area contributed by atoms with Gasteiger partial charge >= 0.3 is 0 Å². The fraction of sp³-hybridized carbons (Fsp3) is 0.167. The molecule has 0 radical (unpaired) electrons. The summed E-state index contributed by atoms with van der Waals surface area (Å²) in [5.41, 5.74) is 4.38. The van der Waals surface area contributed by atoms with Crippen LogP contribution >= 0.6 is 0 Å². The molecular formula is C36H31N3O6. The third-order valence-corrected chi connectivity index (χ3v) is 8.22. The van der Waals surface area contributed by atoms with Gasteiger partial charge in [-0.1, -0.05) is 60.7 Å². The van der Waals surface area contributed by atoms with E-state index in [2.05, 4.69) is 5.32 Å². The second-order valence-electron chi connectivity index (χ2n) is 10.9. The molecule has 0 aromatic heterocycles. The summed E-state index contributed by atoms with van der Waals surface area (Å²) >= 11 is 0. The van der Waals surface area contributed by atoms with E-state index in [9.17, 15) is 19.7 Å². The van der Waals surface area contributed by atoms with E-state index in [0.29, 0.717) is 46.1 Å². The van der Waals surface area contributed by atoms with E-state index in [1.165, 1.54) is 18.2 Å². The van der Waals surface area contributed by atoms with E-state index in [1.54, 1.807) is 37.3 Å². The van der Waals surface area contributed by atoms with Crippen molar-refractivity contribution in [3.05, 3.63) is 141 Å². The van der Waals surface area contributed by atoms with Crippen molar-refractivity contribution in [2.75, 3.05) is 24.4 Å². The quantitative estimate of drug-likeness (QED) is 0.135. The monoisotopic (exact) mass is 601 g/mol. The Morgan fingerprint density at radius 1 is 0.889 bits per heavy atom. The Morgan fingerprint density at radius 2 is 1.64 bits per heavy atom. The number of nitro benzene ring substituents is 1. The minimum absolute atomic E-state index is 0.126. The number of rotatable bonds is 7. The lowest BCUT2D eigenvalue weighted by molar-refractivity contribution is -0.384. The average Bonchev–Trinajstić information content (AvgIpc) is 3.22. The number of nitrogens with one attached hydrogen (secondary N) is 1. The molecule has 0 bridgehead atoms. The summed E-state index contributed by atoms with van der Waals surface area (Å²) in [6.07, 6.45) is 3.85. The Hall–Kier alpha value is -5.70. The molecular weight excluding hydrogens is 570 g/mol. The number of nitrogens with zero attached hydrogens (tertiary/aromatic N) is 2. The zero-order chi connectivity index (χ0) is 31.5. The predicted octanol–water partition coefficient (Wildman–Crippen LogP) is 7.23. The summed E-state index contributed by atoms with van der Waals surface area (Å²) in [5.74, 6) is 0.457. The number of amides is 1. The van der Waals surface area contributed by atoms with Crippen LogP contribution in [-0.4, -0.2) is 30.8 Å². The van der Waals surface area contributed by atoms with Crippen molar-refractivity contribution in [2.45, 2.75) is 24.8 Å². The van der Waals surface area contributed by atoms with Crippen molar-refractivity contribution in [2.24, 2.45) is 0 Å². The molecule has 226 valence electrons. The largest absolute Gasteiger partial charge is 0.493 e. The van der Waals surface area contributed by atoms with Crippen LogP contribution in [0.2, 0.25) is 0 Å². The maximum absolute atomic E-state index is 14.3. The Balaban J connectivity index is 1.51. The first-order chi connectivity index (χ1) is 21.9. The standard InChI is InChI=1S/C36H31N3O6/c1-44-32-17-16-24(22-33(32)45-2)26-20-29-35(31(40)21-26)36(25-11-8-12-27(19-25)39(42)43)38(30-14-7-6-13-28(30)37-29)34(41)18-15-23-9-4-3-5-10-23/h3-19,22,26,36-37H,20-21H2,1-2H3/b18-15+. The van der Waals surface area contributed by atoms with Gasteiger partial charge < -0.3 is 14.8 Å². The number of hydrogen-bond acceptors (Lipinski definition) is 7. The van der Waals surface area contributed by atoms with E-state index < -0.39 is 11.0 Å². The van der Waals surface area contributed by atoms with Gasteiger partial charge in [0.15, 0.2) is 17.3 Å². The van der Waals surface area contributed by atoms with Gasteiger partial charge in [0.25, 0.3) is 11.6 Å². The topological polar surface area (TPSA) is 111 Å². The molecule has 4 aromatic carbocycles. The van der Waals surface area contributed by atoms with Crippen LogP contribution in [0.3, 0.4) is 0 Å². The molecule has 4 aromatic rings. The molecule has 0 saturated carbocycles. The number of fused-ring (bicyclic) bond motifs is 1. The van der Waals surface area contributed by atoms with Crippen LogP contribution in [0.5, 0.6) is 11.5 Å². The zero-order valence-electron chi connectivity index (χ0n) is 24.8. The van der Waals surface area contributed by atoms with Gasteiger partial charge in [-0.25, -0.2) is 0 Å². The number of allylic oxidation sites excluding steroid dienone is 1. The van der Waals surface area contributed by atoms with Crippen molar-refractivity contribution >= 4 is 34.8 Å². The number of nitro groups is 1. The van der Waals surface area contributed by atoms with Crippen molar-refractivity contribution < 1.29 is 24.0 Å². The predicted molar refractivity (Wildman–Crippen MR) is 172 cm³/mol. The third kappa shape index (κ3) is 5.80. The molecule has 2 unspecified atom stereocenters. The van der Waals surface area contributed by atoms with E-state index in [4.69, 9.17) is 9.47 Å². The SMILES string of the molecule is COc1ccc(C2CC(=O)C3=C(C2)Nc2ccccc2N(C(=O)/C=C/c2ccccc2)C3c2cccc([N+](=O)[O-])c2)cc1OC. The lowest BCUT2D eigenvalue weighted by Gasteiger charge is -2.34. The highest BCUT2D eigenvalue weighted by Gasteiger charge is 2.41. The maximum atomic E-state index is 14.3. The summed E-state index contributed by atoms with van der Waals surface area (Å²) in [5, 5.41) is 15.3. The first-order valence-corrected chi connectivity index (χ1v) is 14.5. The Bertz CT molecular complexity index is 1850. The van der Waals surface area contributed by atoms with Crippen molar-refractivity contribution in [3.8, 4) is 11.5 Å². The summed E-state index contributed by atoms with van der Waals surface area (Å²) < 4.78 is 10.9. The maximum Gasteiger partial charge on any atom is 0.269 e. The van der Waals surface area contributed by atoms with Gasteiger partial charge in [-0.05, 0) is 59.4 Å². The number of carbonyl (C=O) groups excluding carboxylic acids is 2. The Labute approximate surface area is 260 Å². The molecule has 0 saturated heterocycles. The Kier molecular flexibility index (Phi) is 8.16. The van der Waals surface area contributed by atoms with Gasteiger partial charge in [-0.2, -0.15) is 0 Å². The number of anilines is 2. The molecule has 9 heteroatoms. The summed E-state index contributed by atoms with van der Waals surface area (Å²) in [6, 6.07) is 27.7. The molecule has 1 aliphatic carbocycles. The molecule has 0 spiro atoms. The highest BCUT2D eigenvalue weighted by atomic mass is 16.6. The third-order valence-electron chi connectivity index (χ3n) is 8.22. The number of methoxy groups -OCH3 is 2. The number of ketones is 1. The van der Waals surface area contributed by atoms with Crippen LogP contribution in [-0.2, 0) is 9.59 Å². The van der Waals surface area contributed by atoms with Gasteiger partial charge in [-0.15, -0.1) is 0 Å². The van der Waals surface area contributed by atoms with E-state index in [1.807, 2.05) is 72.8 Å².